The molecular weight excluding hydrogens is 308 g/mol. The zero-order valence-corrected chi connectivity index (χ0v) is 11.5. The summed E-state index contributed by atoms with van der Waals surface area (Å²) in [7, 11) is 0. The molecule has 2 aromatic rings. The summed E-state index contributed by atoms with van der Waals surface area (Å²) in [5.41, 5.74) is 3.75. The second-order valence-electron chi connectivity index (χ2n) is 3.80. The van der Waals surface area contributed by atoms with E-state index in [-0.39, 0.29) is 11.7 Å². The third-order valence-corrected chi connectivity index (χ3v) is 2.91. The standard InChI is InChI=1S/C14H11BrN2O2/c15-12-5-3-11(4-6-12)14(19)17-16-9-10-1-7-13(18)8-2-10/h1-9,18H,(H,17,19). The van der Waals surface area contributed by atoms with Crippen molar-refractivity contribution < 1.29 is 9.90 Å². The molecule has 0 aliphatic heterocycles. The van der Waals surface area contributed by atoms with Crippen LogP contribution in [-0.2, 0) is 0 Å². The summed E-state index contributed by atoms with van der Waals surface area (Å²) in [6.07, 6.45) is 1.51. The van der Waals surface area contributed by atoms with Crippen LogP contribution in [0.15, 0.2) is 58.1 Å². The lowest BCUT2D eigenvalue weighted by Crippen LogP contribution is -2.17. The van der Waals surface area contributed by atoms with Gasteiger partial charge in [0, 0.05) is 10.0 Å². The van der Waals surface area contributed by atoms with Crippen LogP contribution >= 0.6 is 15.9 Å². The molecule has 0 saturated carbocycles. The van der Waals surface area contributed by atoms with E-state index in [1.54, 1.807) is 48.5 Å². The smallest absolute Gasteiger partial charge is 0.271 e. The molecule has 0 unspecified atom stereocenters. The van der Waals surface area contributed by atoms with E-state index in [0.29, 0.717) is 5.56 Å². The molecule has 0 aliphatic carbocycles. The van der Waals surface area contributed by atoms with Gasteiger partial charge < -0.3 is 5.11 Å². The largest absolute Gasteiger partial charge is 0.508 e. The number of phenols is 1. The van der Waals surface area contributed by atoms with Gasteiger partial charge in [0.05, 0.1) is 6.21 Å². The number of carbonyl (C=O) groups is 1. The van der Waals surface area contributed by atoms with Crippen LogP contribution in [-0.4, -0.2) is 17.2 Å². The van der Waals surface area contributed by atoms with E-state index in [0.717, 1.165) is 10.0 Å². The lowest BCUT2D eigenvalue weighted by molar-refractivity contribution is 0.0955. The van der Waals surface area contributed by atoms with Gasteiger partial charge in [0.1, 0.15) is 5.75 Å². The van der Waals surface area contributed by atoms with Gasteiger partial charge in [-0.25, -0.2) is 5.43 Å². The topological polar surface area (TPSA) is 61.7 Å². The highest BCUT2D eigenvalue weighted by atomic mass is 79.9. The van der Waals surface area contributed by atoms with Crippen LogP contribution in [0.25, 0.3) is 0 Å². The zero-order chi connectivity index (χ0) is 13.7. The van der Waals surface area contributed by atoms with Crippen molar-refractivity contribution in [2.75, 3.05) is 0 Å². The number of rotatable bonds is 3. The molecule has 0 bridgehead atoms. The molecule has 2 N–H and O–H groups in total. The van der Waals surface area contributed by atoms with Crippen LogP contribution in [0.4, 0.5) is 0 Å². The fourth-order valence-electron chi connectivity index (χ4n) is 1.39. The Balaban J connectivity index is 1.96. The van der Waals surface area contributed by atoms with Crippen molar-refractivity contribution >= 4 is 28.1 Å². The number of nitrogens with zero attached hydrogens (tertiary/aromatic N) is 1. The molecule has 0 saturated heterocycles. The van der Waals surface area contributed by atoms with Crippen LogP contribution in [0.2, 0.25) is 0 Å². The highest BCUT2D eigenvalue weighted by Crippen LogP contribution is 2.10. The highest BCUT2D eigenvalue weighted by molar-refractivity contribution is 9.10. The molecular formula is C14H11BrN2O2. The minimum absolute atomic E-state index is 0.191. The first kappa shape index (κ1) is 13.3. The second-order valence-corrected chi connectivity index (χ2v) is 4.71. The van der Waals surface area contributed by atoms with E-state index in [4.69, 9.17) is 5.11 Å². The van der Waals surface area contributed by atoms with E-state index >= 15 is 0 Å². The quantitative estimate of drug-likeness (QED) is 0.675. The Morgan fingerprint density at radius 3 is 2.37 bits per heavy atom. The van der Waals surface area contributed by atoms with Crippen LogP contribution in [0, 0.1) is 0 Å². The predicted molar refractivity (Wildman–Crippen MR) is 77.3 cm³/mol. The van der Waals surface area contributed by atoms with Crippen molar-refractivity contribution in [2.45, 2.75) is 0 Å². The number of carbonyl (C=O) groups excluding carboxylic acids is 1. The summed E-state index contributed by atoms with van der Waals surface area (Å²) in [4.78, 5) is 11.7. The van der Waals surface area contributed by atoms with Crippen LogP contribution in [0.5, 0.6) is 5.75 Å². The van der Waals surface area contributed by atoms with Crippen molar-refractivity contribution in [2.24, 2.45) is 5.10 Å². The summed E-state index contributed by atoms with van der Waals surface area (Å²) >= 11 is 3.30. The lowest BCUT2D eigenvalue weighted by atomic mass is 10.2. The first-order chi connectivity index (χ1) is 9.15. The van der Waals surface area contributed by atoms with Gasteiger partial charge in [0.15, 0.2) is 0 Å². The molecule has 19 heavy (non-hydrogen) atoms. The summed E-state index contributed by atoms with van der Waals surface area (Å²) in [6, 6.07) is 13.5. The molecule has 0 fully saturated rings. The number of amides is 1. The van der Waals surface area contributed by atoms with Crippen molar-refractivity contribution in [1.82, 2.24) is 5.43 Å². The van der Waals surface area contributed by atoms with Gasteiger partial charge in [0.25, 0.3) is 5.91 Å². The average molecular weight is 319 g/mol. The van der Waals surface area contributed by atoms with Crippen LogP contribution in [0.3, 0.4) is 0 Å². The average Bonchev–Trinajstić information content (AvgIpc) is 2.41. The van der Waals surface area contributed by atoms with Crippen LogP contribution in [0.1, 0.15) is 15.9 Å². The maximum absolute atomic E-state index is 11.7. The van der Waals surface area contributed by atoms with Crippen LogP contribution < -0.4 is 5.43 Å². The van der Waals surface area contributed by atoms with E-state index in [9.17, 15) is 4.79 Å². The van der Waals surface area contributed by atoms with E-state index in [2.05, 4.69) is 26.5 Å². The Hall–Kier alpha value is -2.14. The summed E-state index contributed by atoms with van der Waals surface area (Å²) in [5.74, 6) is -0.0847. The Kier molecular flexibility index (Phi) is 4.30. The minimum Gasteiger partial charge on any atom is -0.508 e. The fraction of sp³-hybridized carbons (Fsp3) is 0. The molecule has 0 spiro atoms. The lowest BCUT2D eigenvalue weighted by Gasteiger charge is -1.99. The molecule has 0 aliphatic rings. The Morgan fingerprint density at radius 1 is 1.11 bits per heavy atom. The molecule has 1 amide bonds. The summed E-state index contributed by atoms with van der Waals surface area (Å²) < 4.78 is 0.914. The summed E-state index contributed by atoms with van der Waals surface area (Å²) in [5, 5.41) is 13.0. The monoisotopic (exact) mass is 318 g/mol. The van der Waals surface area contributed by atoms with E-state index in [1.165, 1.54) is 6.21 Å². The zero-order valence-electron chi connectivity index (χ0n) is 9.88. The van der Waals surface area contributed by atoms with Crippen molar-refractivity contribution in [3.8, 4) is 5.75 Å². The van der Waals surface area contributed by atoms with Gasteiger partial charge in [-0.1, -0.05) is 15.9 Å². The number of benzene rings is 2. The number of aromatic hydroxyl groups is 1. The molecule has 0 atom stereocenters. The normalized spacial score (nSPS) is 10.6. The number of hydrogen-bond donors (Lipinski definition) is 2. The maximum atomic E-state index is 11.7. The summed E-state index contributed by atoms with van der Waals surface area (Å²) in [6.45, 7) is 0. The molecule has 0 heterocycles. The molecule has 4 nitrogen and oxygen atoms in total. The van der Waals surface area contributed by atoms with E-state index < -0.39 is 0 Å². The van der Waals surface area contributed by atoms with Gasteiger partial charge in [-0.05, 0) is 54.1 Å². The number of phenolic OH excluding ortho intramolecular Hbond substituents is 1. The first-order valence-electron chi connectivity index (χ1n) is 5.53. The van der Waals surface area contributed by atoms with Crippen molar-refractivity contribution in [3.05, 3.63) is 64.1 Å². The Labute approximate surface area is 118 Å². The van der Waals surface area contributed by atoms with E-state index in [1.807, 2.05) is 0 Å². The predicted octanol–water partition coefficient (Wildman–Crippen LogP) is 2.92. The van der Waals surface area contributed by atoms with Gasteiger partial charge in [-0.15, -0.1) is 0 Å². The minimum atomic E-state index is -0.275. The second kappa shape index (κ2) is 6.15. The Bertz CT molecular complexity index is 592. The maximum Gasteiger partial charge on any atom is 0.271 e. The third-order valence-electron chi connectivity index (χ3n) is 2.38. The molecule has 2 rings (SSSR count). The van der Waals surface area contributed by atoms with Gasteiger partial charge >= 0.3 is 0 Å². The first-order valence-corrected chi connectivity index (χ1v) is 6.32. The third kappa shape index (κ3) is 3.93. The van der Waals surface area contributed by atoms with Gasteiger partial charge in [-0.2, -0.15) is 5.10 Å². The molecule has 96 valence electrons. The van der Waals surface area contributed by atoms with Crippen molar-refractivity contribution in [3.63, 3.8) is 0 Å². The highest BCUT2D eigenvalue weighted by Gasteiger charge is 2.02. The number of nitrogens with one attached hydrogen (secondary N) is 1. The van der Waals surface area contributed by atoms with Gasteiger partial charge in [-0.3, -0.25) is 4.79 Å². The van der Waals surface area contributed by atoms with Gasteiger partial charge in [0.2, 0.25) is 0 Å². The van der Waals surface area contributed by atoms with Crippen molar-refractivity contribution in [1.29, 1.82) is 0 Å². The fourth-order valence-corrected chi connectivity index (χ4v) is 1.66. The molecule has 2 aromatic carbocycles. The molecule has 0 radical (unpaired) electrons. The number of halogens is 1. The SMILES string of the molecule is O=C(NN=Cc1ccc(O)cc1)c1ccc(Br)cc1. The molecule has 0 aromatic heterocycles. The Morgan fingerprint density at radius 2 is 1.74 bits per heavy atom. The number of hydrogen-bond acceptors (Lipinski definition) is 3. The molecule has 5 heteroatoms. The number of hydrazone groups is 1.